The summed E-state index contributed by atoms with van der Waals surface area (Å²) in [5.41, 5.74) is 1.09. The van der Waals surface area contributed by atoms with Crippen molar-refractivity contribution >= 4 is 11.6 Å². The fourth-order valence-electron chi connectivity index (χ4n) is 2.66. The topological polar surface area (TPSA) is 67.4 Å². The summed E-state index contributed by atoms with van der Waals surface area (Å²) in [5.74, 6) is -0.0468. The molecule has 1 fully saturated rings. The molecule has 0 spiro atoms. The van der Waals surface area contributed by atoms with Crippen LogP contribution in [0.1, 0.15) is 12.0 Å². The van der Waals surface area contributed by atoms with Crippen molar-refractivity contribution < 1.29 is 13.9 Å². The molecule has 1 N–H and O–H groups in total. The zero-order valence-electron chi connectivity index (χ0n) is 12.7. The van der Waals surface area contributed by atoms with E-state index in [1.54, 1.807) is 24.4 Å². The Bertz CT molecular complexity index is 710. The number of aromatic nitrogens is 2. The number of para-hydroxylation sites is 1. The summed E-state index contributed by atoms with van der Waals surface area (Å²) in [6, 6.07) is 5.94. The molecule has 0 aliphatic carbocycles. The van der Waals surface area contributed by atoms with Crippen LogP contribution in [0.15, 0.2) is 36.8 Å². The molecule has 2 aromatic rings. The molecule has 1 atom stereocenters. The summed E-state index contributed by atoms with van der Waals surface area (Å²) < 4.78 is 19.0. The molecule has 120 valence electrons. The Kier molecular flexibility index (Phi) is 4.47. The predicted molar refractivity (Wildman–Crippen MR) is 82.6 cm³/mol. The van der Waals surface area contributed by atoms with E-state index in [-0.39, 0.29) is 17.8 Å². The third-order valence-electron chi connectivity index (χ3n) is 3.83. The number of anilines is 1. The number of rotatable bonds is 5. The smallest absolute Gasteiger partial charge is 0.244 e. The molecular formula is C16H17FN4O2. The van der Waals surface area contributed by atoms with E-state index in [1.807, 2.05) is 0 Å². The van der Waals surface area contributed by atoms with Crippen molar-refractivity contribution in [2.75, 3.05) is 18.6 Å². The minimum atomic E-state index is -0.389. The molecule has 1 aliphatic heterocycles. The average Bonchev–Trinajstić information content (AvgIpc) is 2.94. The van der Waals surface area contributed by atoms with Crippen LogP contribution in [-0.2, 0) is 11.3 Å². The number of nitrogens with one attached hydrogen (secondary N) is 1. The molecular weight excluding hydrogens is 299 g/mol. The summed E-state index contributed by atoms with van der Waals surface area (Å²) in [6.07, 6.45) is 3.67. The average molecular weight is 316 g/mol. The van der Waals surface area contributed by atoms with Crippen molar-refractivity contribution in [1.82, 2.24) is 15.3 Å². The van der Waals surface area contributed by atoms with Crippen molar-refractivity contribution in [2.45, 2.75) is 19.0 Å². The van der Waals surface area contributed by atoms with Crippen LogP contribution in [0, 0.1) is 5.82 Å². The third-order valence-corrected chi connectivity index (χ3v) is 3.83. The first-order valence-corrected chi connectivity index (χ1v) is 7.33. The van der Waals surface area contributed by atoms with Crippen molar-refractivity contribution in [3.05, 3.63) is 48.2 Å². The summed E-state index contributed by atoms with van der Waals surface area (Å²) in [4.78, 5) is 21.9. The number of hydrogen-bond acceptors (Lipinski definition) is 5. The highest BCUT2D eigenvalue weighted by Crippen LogP contribution is 2.24. The van der Waals surface area contributed by atoms with Gasteiger partial charge in [0.2, 0.25) is 11.8 Å². The number of methoxy groups -OCH3 is 1. The highest BCUT2D eigenvalue weighted by Gasteiger charge is 2.33. The predicted octanol–water partition coefficient (Wildman–Crippen LogP) is 1.52. The van der Waals surface area contributed by atoms with Crippen LogP contribution < -0.4 is 15.0 Å². The molecule has 1 aromatic carbocycles. The Balaban J connectivity index is 1.67. The lowest BCUT2D eigenvalue weighted by Crippen LogP contribution is -2.38. The van der Waals surface area contributed by atoms with Crippen LogP contribution >= 0.6 is 0 Å². The fourth-order valence-corrected chi connectivity index (χ4v) is 2.66. The molecule has 6 nitrogen and oxygen atoms in total. The van der Waals surface area contributed by atoms with Gasteiger partial charge in [-0.1, -0.05) is 12.1 Å². The number of halogens is 1. The number of benzene rings is 1. The van der Waals surface area contributed by atoms with Gasteiger partial charge in [-0.05, 0) is 18.6 Å². The van der Waals surface area contributed by atoms with Crippen molar-refractivity contribution in [3.8, 4) is 5.88 Å². The molecule has 2 heterocycles. The molecule has 3 rings (SSSR count). The summed E-state index contributed by atoms with van der Waals surface area (Å²) in [5, 5.41) is 3.17. The maximum atomic E-state index is 13.8. The van der Waals surface area contributed by atoms with Crippen LogP contribution in [-0.4, -0.2) is 35.6 Å². The Morgan fingerprint density at radius 1 is 1.43 bits per heavy atom. The summed E-state index contributed by atoms with van der Waals surface area (Å²) >= 11 is 0. The van der Waals surface area contributed by atoms with Crippen molar-refractivity contribution in [2.24, 2.45) is 0 Å². The van der Waals surface area contributed by atoms with Gasteiger partial charge >= 0.3 is 0 Å². The first kappa shape index (κ1) is 15.4. The lowest BCUT2D eigenvalue weighted by atomic mass is 10.2. The number of ether oxygens (including phenoxy) is 1. The van der Waals surface area contributed by atoms with Crippen LogP contribution in [0.5, 0.6) is 5.88 Å². The number of nitrogens with zero attached hydrogens (tertiary/aromatic N) is 3. The van der Waals surface area contributed by atoms with Gasteiger partial charge in [-0.25, -0.2) is 14.4 Å². The molecule has 1 aliphatic rings. The number of carbonyl (C=O) groups is 1. The lowest BCUT2D eigenvalue weighted by molar-refractivity contribution is -0.118. The molecule has 1 saturated heterocycles. The van der Waals surface area contributed by atoms with Gasteiger partial charge in [0.05, 0.1) is 18.8 Å². The van der Waals surface area contributed by atoms with Crippen molar-refractivity contribution in [3.63, 3.8) is 0 Å². The van der Waals surface area contributed by atoms with E-state index < -0.39 is 0 Å². The second-order valence-electron chi connectivity index (χ2n) is 5.22. The van der Waals surface area contributed by atoms with Crippen LogP contribution in [0.3, 0.4) is 0 Å². The minimum absolute atomic E-state index is 0.133. The van der Waals surface area contributed by atoms with E-state index >= 15 is 0 Å². The van der Waals surface area contributed by atoms with Crippen LogP contribution in [0.2, 0.25) is 0 Å². The molecule has 1 aromatic heterocycles. The first-order chi connectivity index (χ1) is 11.2. The molecule has 23 heavy (non-hydrogen) atoms. The highest BCUT2D eigenvalue weighted by atomic mass is 19.1. The molecule has 0 radical (unpaired) electrons. The van der Waals surface area contributed by atoms with E-state index in [4.69, 9.17) is 4.74 Å². The maximum Gasteiger partial charge on any atom is 0.244 e. The quantitative estimate of drug-likeness (QED) is 0.906. The third kappa shape index (κ3) is 3.14. The van der Waals surface area contributed by atoms with E-state index in [0.29, 0.717) is 31.1 Å². The first-order valence-electron chi connectivity index (χ1n) is 7.33. The Hall–Kier alpha value is -2.54. The van der Waals surface area contributed by atoms with Gasteiger partial charge < -0.3 is 15.0 Å². The largest absolute Gasteiger partial charge is 0.481 e. The molecule has 0 saturated carbocycles. The van der Waals surface area contributed by atoms with Crippen LogP contribution in [0.4, 0.5) is 10.1 Å². The monoisotopic (exact) mass is 316 g/mol. The van der Waals surface area contributed by atoms with E-state index in [9.17, 15) is 9.18 Å². The molecule has 7 heteroatoms. The molecule has 1 unspecified atom stereocenters. The molecule has 1 amide bonds. The van der Waals surface area contributed by atoms with Gasteiger partial charge in [-0.2, -0.15) is 0 Å². The van der Waals surface area contributed by atoms with E-state index in [2.05, 4.69) is 15.3 Å². The summed E-state index contributed by atoms with van der Waals surface area (Å²) in [7, 11) is 1.53. The van der Waals surface area contributed by atoms with Gasteiger partial charge in [-0.3, -0.25) is 4.79 Å². The Morgan fingerprint density at radius 3 is 3.04 bits per heavy atom. The zero-order chi connectivity index (χ0) is 16.2. The second kappa shape index (κ2) is 6.70. The van der Waals surface area contributed by atoms with Gasteiger partial charge in [0, 0.05) is 24.8 Å². The molecule has 0 bridgehead atoms. The number of amides is 1. The van der Waals surface area contributed by atoms with Gasteiger partial charge in [-0.15, -0.1) is 0 Å². The van der Waals surface area contributed by atoms with Crippen LogP contribution in [0.25, 0.3) is 0 Å². The van der Waals surface area contributed by atoms with Gasteiger partial charge in [0.1, 0.15) is 12.1 Å². The van der Waals surface area contributed by atoms with Crippen molar-refractivity contribution in [1.29, 1.82) is 0 Å². The van der Waals surface area contributed by atoms with E-state index in [1.165, 1.54) is 24.4 Å². The van der Waals surface area contributed by atoms with E-state index in [0.717, 1.165) is 5.56 Å². The van der Waals surface area contributed by atoms with Gasteiger partial charge in [0.25, 0.3) is 0 Å². The minimum Gasteiger partial charge on any atom is -0.481 e. The second-order valence-corrected chi connectivity index (χ2v) is 5.22. The lowest BCUT2D eigenvalue weighted by Gasteiger charge is -2.18. The number of hydrogen-bond donors (Lipinski definition) is 1. The SMILES string of the molecule is COc1ncncc1CNC1CCN(c2ccccc2F)C1=O. The summed E-state index contributed by atoms with van der Waals surface area (Å²) in [6.45, 7) is 0.894. The fraction of sp³-hybridized carbons (Fsp3) is 0.312. The van der Waals surface area contributed by atoms with Gasteiger partial charge in [0.15, 0.2) is 0 Å². The zero-order valence-corrected chi connectivity index (χ0v) is 12.7. The standard InChI is InChI=1S/C16H17FN4O2/c1-23-15-11(8-18-10-20-15)9-19-13-6-7-21(16(13)22)14-5-3-2-4-12(14)17/h2-5,8,10,13,19H,6-7,9H2,1H3. The normalized spacial score (nSPS) is 17.6. The Morgan fingerprint density at radius 2 is 2.26 bits per heavy atom. The maximum absolute atomic E-state index is 13.8. The Labute approximate surface area is 133 Å². The number of carbonyl (C=O) groups excluding carboxylic acids is 1. The highest BCUT2D eigenvalue weighted by molar-refractivity contribution is 5.99.